The SMILES string of the molecule is COc1ccccc1OCCNC(=O)c1cn(-c2ccccc2)nc1-c1ccccc1. The summed E-state index contributed by atoms with van der Waals surface area (Å²) >= 11 is 0. The second kappa shape index (κ2) is 9.63. The van der Waals surface area contributed by atoms with Crippen molar-refractivity contribution < 1.29 is 14.3 Å². The van der Waals surface area contributed by atoms with Gasteiger partial charge >= 0.3 is 0 Å². The summed E-state index contributed by atoms with van der Waals surface area (Å²) in [6, 6.07) is 26.8. The zero-order valence-electron chi connectivity index (χ0n) is 17.2. The molecule has 0 aliphatic rings. The van der Waals surface area contributed by atoms with Gasteiger partial charge < -0.3 is 14.8 Å². The fraction of sp³-hybridized carbons (Fsp3) is 0.120. The van der Waals surface area contributed by atoms with E-state index in [2.05, 4.69) is 10.4 Å². The highest BCUT2D eigenvalue weighted by molar-refractivity contribution is 5.99. The van der Waals surface area contributed by atoms with Gasteiger partial charge in [-0.25, -0.2) is 4.68 Å². The highest BCUT2D eigenvalue weighted by atomic mass is 16.5. The van der Waals surface area contributed by atoms with Gasteiger partial charge in [0, 0.05) is 11.8 Å². The maximum atomic E-state index is 13.0. The van der Waals surface area contributed by atoms with E-state index < -0.39 is 0 Å². The van der Waals surface area contributed by atoms with Crippen molar-refractivity contribution in [1.29, 1.82) is 0 Å². The number of benzene rings is 3. The molecule has 0 saturated carbocycles. The largest absolute Gasteiger partial charge is 0.493 e. The lowest BCUT2D eigenvalue weighted by atomic mass is 10.1. The van der Waals surface area contributed by atoms with Gasteiger partial charge in [-0.05, 0) is 24.3 Å². The molecule has 156 valence electrons. The lowest BCUT2D eigenvalue weighted by Crippen LogP contribution is -2.28. The molecule has 0 bridgehead atoms. The predicted molar refractivity (Wildman–Crippen MR) is 120 cm³/mol. The van der Waals surface area contributed by atoms with Crippen LogP contribution >= 0.6 is 0 Å². The van der Waals surface area contributed by atoms with Gasteiger partial charge in [0.2, 0.25) is 0 Å². The Kier molecular flexibility index (Phi) is 6.28. The molecule has 3 aromatic carbocycles. The Morgan fingerprint density at radius 3 is 2.26 bits per heavy atom. The number of hydrogen-bond donors (Lipinski definition) is 1. The van der Waals surface area contributed by atoms with Crippen LogP contribution in [0.15, 0.2) is 91.1 Å². The third-order valence-electron chi connectivity index (χ3n) is 4.74. The van der Waals surface area contributed by atoms with Crippen LogP contribution in [0.5, 0.6) is 11.5 Å². The molecule has 0 saturated heterocycles. The van der Waals surface area contributed by atoms with E-state index in [1.54, 1.807) is 18.0 Å². The first-order valence-electron chi connectivity index (χ1n) is 10.0. The Labute approximate surface area is 181 Å². The summed E-state index contributed by atoms with van der Waals surface area (Å²) < 4.78 is 12.7. The number of hydrogen-bond acceptors (Lipinski definition) is 4. The smallest absolute Gasteiger partial charge is 0.255 e. The normalized spacial score (nSPS) is 10.5. The molecule has 0 atom stereocenters. The van der Waals surface area contributed by atoms with E-state index in [9.17, 15) is 4.79 Å². The molecule has 0 fully saturated rings. The molecule has 0 radical (unpaired) electrons. The Balaban J connectivity index is 1.49. The lowest BCUT2D eigenvalue weighted by Gasteiger charge is -2.10. The minimum absolute atomic E-state index is 0.204. The standard InChI is InChI=1S/C25H23N3O3/c1-30-22-14-8-9-15-23(22)31-17-16-26-25(29)21-18-28(20-12-6-3-7-13-20)27-24(21)19-10-4-2-5-11-19/h2-15,18H,16-17H2,1H3,(H,26,29). The van der Waals surface area contributed by atoms with Crippen LogP contribution in [0.3, 0.4) is 0 Å². The molecule has 0 aliphatic carbocycles. The Morgan fingerprint density at radius 1 is 0.903 bits per heavy atom. The lowest BCUT2D eigenvalue weighted by molar-refractivity contribution is 0.0947. The summed E-state index contributed by atoms with van der Waals surface area (Å²) in [5.41, 5.74) is 2.91. The van der Waals surface area contributed by atoms with Crippen molar-refractivity contribution in [2.75, 3.05) is 20.3 Å². The topological polar surface area (TPSA) is 65.4 Å². The van der Waals surface area contributed by atoms with Gasteiger partial charge in [0.15, 0.2) is 11.5 Å². The number of aromatic nitrogens is 2. The highest BCUT2D eigenvalue weighted by Gasteiger charge is 2.18. The molecule has 31 heavy (non-hydrogen) atoms. The van der Waals surface area contributed by atoms with E-state index in [4.69, 9.17) is 9.47 Å². The van der Waals surface area contributed by atoms with Gasteiger partial charge in [-0.15, -0.1) is 0 Å². The zero-order chi connectivity index (χ0) is 21.5. The number of carbonyl (C=O) groups is 1. The molecule has 0 spiro atoms. The van der Waals surface area contributed by atoms with Gasteiger partial charge in [-0.2, -0.15) is 5.10 Å². The fourth-order valence-electron chi connectivity index (χ4n) is 3.22. The number of nitrogens with zero attached hydrogens (tertiary/aromatic N) is 2. The first-order chi connectivity index (χ1) is 15.3. The molecule has 0 aliphatic heterocycles. The molecule has 1 heterocycles. The maximum Gasteiger partial charge on any atom is 0.255 e. The van der Waals surface area contributed by atoms with E-state index in [-0.39, 0.29) is 5.91 Å². The van der Waals surface area contributed by atoms with E-state index in [0.29, 0.717) is 35.9 Å². The van der Waals surface area contributed by atoms with Gasteiger partial charge in [-0.1, -0.05) is 60.7 Å². The summed E-state index contributed by atoms with van der Waals surface area (Å²) in [6.07, 6.45) is 1.76. The monoisotopic (exact) mass is 413 g/mol. The molecule has 6 heteroatoms. The number of methoxy groups -OCH3 is 1. The molecule has 1 N–H and O–H groups in total. The number of carbonyl (C=O) groups excluding carboxylic acids is 1. The fourth-order valence-corrected chi connectivity index (χ4v) is 3.22. The Morgan fingerprint density at radius 2 is 1.55 bits per heavy atom. The summed E-state index contributed by atoms with van der Waals surface area (Å²) in [5, 5.41) is 7.60. The summed E-state index contributed by atoms with van der Waals surface area (Å²) in [7, 11) is 1.60. The van der Waals surface area contributed by atoms with Gasteiger partial charge in [0.05, 0.1) is 24.9 Å². The predicted octanol–water partition coefficient (Wildman–Crippen LogP) is 4.36. The third kappa shape index (κ3) is 4.75. The van der Waals surface area contributed by atoms with E-state index in [1.165, 1.54) is 0 Å². The minimum Gasteiger partial charge on any atom is -0.493 e. The second-order valence-corrected chi connectivity index (χ2v) is 6.79. The van der Waals surface area contributed by atoms with Crippen LogP contribution in [-0.2, 0) is 0 Å². The second-order valence-electron chi connectivity index (χ2n) is 6.79. The molecule has 1 aromatic heterocycles. The maximum absolute atomic E-state index is 13.0. The minimum atomic E-state index is -0.204. The zero-order valence-corrected chi connectivity index (χ0v) is 17.2. The van der Waals surface area contributed by atoms with Crippen LogP contribution in [0.4, 0.5) is 0 Å². The third-order valence-corrected chi connectivity index (χ3v) is 4.74. The molecule has 4 rings (SSSR count). The van der Waals surface area contributed by atoms with Crippen LogP contribution in [-0.4, -0.2) is 35.9 Å². The molecule has 6 nitrogen and oxygen atoms in total. The van der Waals surface area contributed by atoms with E-state index in [1.807, 2.05) is 84.9 Å². The first kappa shape index (κ1) is 20.2. The molecule has 0 unspecified atom stereocenters. The molecular formula is C25H23N3O3. The van der Waals surface area contributed by atoms with Crippen molar-refractivity contribution in [2.24, 2.45) is 0 Å². The molecule has 1 amide bonds. The molecule has 4 aromatic rings. The van der Waals surface area contributed by atoms with Crippen molar-refractivity contribution in [2.45, 2.75) is 0 Å². The van der Waals surface area contributed by atoms with Gasteiger partial charge in [-0.3, -0.25) is 4.79 Å². The quantitative estimate of drug-likeness (QED) is 0.436. The average Bonchev–Trinajstić information content (AvgIpc) is 3.29. The van der Waals surface area contributed by atoms with Crippen LogP contribution < -0.4 is 14.8 Å². The first-order valence-corrected chi connectivity index (χ1v) is 10.0. The summed E-state index contributed by atoms with van der Waals surface area (Å²) in [4.78, 5) is 13.0. The van der Waals surface area contributed by atoms with Crippen LogP contribution in [0.2, 0.25) is 0 Å². The van der Waals surface area contributed by atoms with Crippen LogP contribution in [0, 0.1) is 0 Å². The summed E-state index contributed by atoms with van der Waals surface area (Å²) in [5.74, 6) is 1.09. The van der Waals surface area contributed by atoms with E-state index in [0.717, 1.165) is 11.3 Å². The van der Waals surface area contributed by atoms with Gasteiger partial charge in [0.25, 0.3) is 5.91 Å². The van der Waals surface area contributed by atoms with Crippen molar-refractivity contribution >= 4 is 5.91 Å². The van der Waals surface area contributed by atoms with Crippen molar-refractivity contribution in [3.05, 3.63) is 96.7 Å². The highest BCUT2D eigenvalue weighted by Crippen LogP contribution is 2.26. The van der Waals surface area contributed by atoms with Crippen molar-refractivity contribution in [1.82, 2.24) is 15.1 Å². The molecular weight excluding hydrogens is 390 g/mol. The van der Waals surface area contributed by atoms with Crippen molar-refractivity contribution in [3.63, 3.8) is 0 Å². The number of amides is 1. The number of rotatable bonds is 8. The van der Waals surface area contributed by atoms with Gasteiger partial charge in [0.1, 0.15) is 12.3 Å². The Bertz CT molecular complexity index is 1140. The Hall–Kier alpha value is -4.06. The average molecular weight is 413 g/mol. The number of nitrogens with one attached hydrogen (secondary N) is 1. The van der Waals surface area contributed by atoms with Crippen molar-refractivity contribution in [3.8, 4) is 28.4 Å². The van der Waals surface area contributed by atoms with Crippen LogP contribution in [0.1, 0.15) is 10.4 Å². The van der Waals surface area contributed by atoms with Crippen LogP contribution in [0.25, 0.3) is 16.9 Å². The van der Waals surface area contributed by atoms with E-state index >= 15 is 0 Å². The summed E-state index contributed by atoms with van der Waals surface area (Å²) in [6.45, 7) is 0.668. The number of ether oxygens (including phenoxy) is 2. The number of para-hydroxylation sites is 3.